The Labute approximate surface area is 118 Å². The predicted molar refractivity (Wildman–Crippen MR) is 79.2 cm³/mol. The van der Waals surface area contributed by atoms with Crippen LogP contribution in [0.5, 0.6) is 5.75 Å². The molecule has 0 unspecified atom stereocenters. The van der Waals surface area contributed by atoms with Gasteiger partial charge in [0.2, 0.25) is 0 Å². The van der Waals surface area contributed by atoms with Crippen LogP contribution in [-0.2, 0) is 4.79 Å². The first kappa shape index (κ1) is 14.5. The molecule has 1 aromatic rings. The fraction of sp³-hybridized carbons (Fsp3) is 0.500. The summed E-state index contributed by atoms with van der Waals surface area (Å²) in [5.41, 5.74) is 8.20. The molecular weight excluding hydrogens is 258 g/mol. The summed E-state index contributed by atoms with van der Waals surface area (Å²) < 4.78 is 5.33. The first-order chi connectivity index (χ1) is 9.61. The third kappa shape index (κ3) is 3.33. The van der Waals surface area contributed by atoms with Gasteiger partial charge in [-0.2, -0.15) is 0 Å². The smallest absolute Gasteiger partial charge is 0.262 e. The average Bonchev–Trinajstić information content (AvgIpc) is 2.43. The van der Waals surface area contributed by atoms with Gasteiger partial charge in [-0.25, -0.2) is 0 Å². The molecule has 0 saturated heterocycles. The van der Waals surface area contributed by atoms with Crippen molar-refractivity contribution in [2.45, 2.75) is 19.3 Å². The Bertz CT molecular complexity index is 491. The molecule has 110 valence electrons. The number of amides is 1. The minimum absolute atomic E-state index is 0.0305. The Morgan fingerprint density at radius 1 is 1.40 bits per heavy atom. The molecule has 1 aromatic carbocycles. The number of hydrogen-bond acceptors (Lipinski definition) is 5. The zero-order valence-corrected chi connectivity index (χ0v) is 11.7. The van der Waals surface area contributed by atoms with E-state index in [0.717, 1.165) is 31.5 Å². The quantitative estimate of drug-likeness (QED) is 0.538. The Balaban J connectivity index is 2.07. The first-order valence-corrected chi connectivity index (χ1v) is 6.80. The third-order valence-electron chi connectivity index (χ3n) is 3.32. The van der Waals surface area contributed by atoms with Gasteiger partial charge in [0.15, 0.2) is 6.61 Å². The van der Waals surface area contributed by atoms with E-state index < -0.39 is 0 Å². The predicted octanol–water partition coefficient (Wildman–Crippen LogP) is 1.20. The van der Waals surface area contributed by atoms with E-state index >= 15 is 0 Å². The molecule has 1 aliphatic rings. The zero-order chi connectivity index (χ0) is 14.5. The number of unbranched alkanes of at least 4 members (excludes halogenated alkanes) is 2. The molecule has 1 aliphatic heterocycles. The second kappa shape index (κ2) is 6.47. The van der Waals surface area contributed by atoms with Crippen LogP contribution in [-0.4, -0.2) is 37.8 Å². The van der Waals surface area contributed by atoms with E-state index in [-0.39, 0.29) is 19.1 Å². The van der Waals surface area contributed by atoms with Crippen LogP contribution in [0.4, 0.5) is 17.1 Å². The Morgan fingerprint density at radius 2 is 2.20 bits per heavy atom. The van der Waals surface area contributed by atoms with Crippen molar-refractivity contribution in [2.75, 3.05) is 42.8 Å². The molecule has 1 amide bonds. The molecule has 0 fully saturated rings. The Morgan fingerprint density at radius 3 is 2.95 bits per heavy atom. The van der Waals surface area contributed by atoms with E-state index in [9.17, 15) is 4.79 Å². The molecule has 2 rings (SSSR count). The van der Waals surface area contributed by atoms with Crippen molar-refractivity contribution in [3.8, 4) is 5.75 Å². The number of anilines is 3. The van der Waals surface area contributed by atoms with Gasteiger partial charge >= 0.3 is 0 Å². The van der Waals surface area contributed by atoms with Gasteiger partial charge in [0.1, 0.15) is 5.75 Å². The van der Waals surface area contributed by atoms with Crippen molar-refractivity contribution in [2.24, 2.45) is 0 Å². The van der Waals surface area contributed by atoms with Crippen LogP contribution >= 0.6 is 0 Å². The van der Waals surface area contributed by atoms with Gasteiger partial charge in [0.25, 0.3) is 5.91 Å². The van der Waals surface area contributed by atoms with Crippen molar-refractivity contribution in [1.82, 2.24) is 0 Å². The minimum atomic E-state index is -0.154. The van der Waals surface area contributed by atoms with Crippen LogP contribution < -0.4 is 20.7 Å². The van der Waals surface area contributed by atoms with Crippen LogP contribution in [0.2, 0.25) is 0 Å². The molecule has 4 N–H and O–H groups in total. The Kier molecular flexibility index (Phi) is 4.68. The molecule has 1 heterocycles. The van der Waals surface area contributed by atoms with Gasteiger partial charge in [-0.3, -0.25) is 4.79 Å². The topological polar surface area (TPSA) is 87.8 Å². The van der Waals surface area contributed by atoms with Crippen LogP contribution in [0.3, 0.4) is 0 Å². The van der Waals surface area contributed by atoms with Crippen LogP contribution in [0.15, 0.2) is 12.1 Å². The highest BCUT2D eigenvalue weighted by Crippen LogP contribution is 2.36. The maximum atomic E-state index is 11.3. The molecule has 0 aromatic heterocycles. The monoisotopic (exact) mass is 279 g/mol. The number of aliphatic hydroxyl groups excluding tert-OH is 1. The number of hydrogen-bond donors (Lipinski definition) is 3. The molecule has 0 aliphatic carbocycles. The van der Waals surface area contributed by atoms with Gasteiger partial charge in [-0.05, 0) is 25.3 Å². The largest absolute Gasteiger partial charge is 0.482 e. The summed E-state index contributed by atoms with van der Waals surface area (Å²) in [4.78, 5) is 13.4. The van der Waals surface area contributed by atoms with Gasteiger partial charge in [0, 0.05) is 26.3 Å². The molecule has 6 heteroatoms. The summed E-state index contributed by atoms with van der Waals surface area (Å²) in [6.07, 6.45) is 2.78. The van der Waals surface area contributed by atoms with Crippen molar-refractivity contribution >= 4 is 23.0 Å². The van der Waals surface area contributed by atoms with Crippen LogP contribution in [0.1, 0.15) is 19.3 Å². The van der Waals surface area contributed by atoms with Crippen molar-refractivity contribution in [3.05, 3.63) is 12.1 Å². The zero-order valence-electron chi connectivity index (χ0n) is 11.7. The number of aliphatic hydroxyl groups is 1. The normalized spacial score (nSPS) is 13.4. The van der Waals surface area contributed by atoms with Gasteiger partial charge < -0.3 is 25.8 Å². The number of fused-ring (bicyclic) bond motifs is 1. The fourth-order valence-electron chi connectivity index (χ4n) is 2.22. The van der Waals surface area contributed by atoms with E-state index in [1.807, 2.05) is 18.0 Å². The van der Waals surface area contributed by atoms with E-state index in [1.165, 1.54) is 0 Å². The third-order valence-corrected chi connectivity index (χ3v) is 3.32. The number of nitrogens with one attached hydrogen (secondary N) is 1. The standard InChI is InChI=1S/C14H21N3O3/c1-17(5-3-2-4-6-18)12-8-11-13(7-10(12)15)20-9-14(19)16-11/h7-8,18H,2-6,9,15H2,1H3,(H,16,19). The average molecular weight is 279 g/mol. The van der Waals surface area contributed by atoms with Gasteiger partial charge in [0.05, 0.1) is 17.1 Å². The number of rotatable bonds is 6. The second-order valence-corrected chi connectivity index (χ2v) is 4.95. The molecule has 0 saturated carbocycles. The lowest BCUT2D eigenvalue weighted by Gasteiger charge is -2.25. The molecule has 20 heavy (non-hydrogen) atoms. The van der Waals surface area contributed by atoms with E-state index in [0.29, 0.717) is 17.1 Å². The highest BCUT2D eigenvalue weighted by molar-refractivity contribution is 5.97. The number of benzene rings is 1. The Hall–Kier alpha value is -1.95. The number of nitrogens with zero attached hydrogens (tertiary/aromatic N) is 1. The molecule has 6 nitrogen and oxygen atoms in total. The summed E-state index contributed by atoms with van der Waals surface area (Å²) in [6, 6.07) is 3.59. The molecule has 0 atom stereocenters. The maximum absolute atomic E-state index is 11.3. The van der Waals surface area contributed by atoms with Crippen LogP contribution in [0.25, 0.3) is 0 Å². The number of nitrogens with two attached hydrogens (primary N) is 1. The summed E-state index contributed by atoms with van der Waals surface area (Å²) in [5.74, 6) is 0.457. The van der Waals surface area contributed by atoms with Gasteiger partial charge in [-0.1, -0.05) is 0 Å². The van der Waals surface area contributed by atoms with Crippen LogP contribution in [0, 0.1) is 0 Å². The van der Waals surface area contributed by atoms with Gasteiger partial charge in [-0.15, -0.1) is 0 Å². The van der Waals surface area contributed by atoms with Crippen molar-refractivity contribution < 1.29 is 14.6 Å². The minimum Gasteiger partial charge on any atom is -0.482 e. The second-order valence-electron chi connectivity index (χ2n) is 4.95. The summed E-state index contributed by atoms with van der Waals surface area (Å²) in [6.45, 7) is 1.11. The summed E-state index contributed by atoms with van der Waals surface area (Å²) in [5, 5.41) is 11.5. The lowest BCUT2D eigenvalue weighted by atomic mass is 10.1. The molecule has 0 radical (unpaired) electrons. The lowest BCUT2D eigenvalue weighted by molar-refractivity contribution is -0.118. The number of ether oxygens (including phenoxy) is 1. The molecular formula is C14H21N3O3. The number of nitrogen functional groups attached to an aromatic ring is 1. The highest BCUT2D eigenvalue weighted by atomic mass is 16.5. The number of carbonyl (C=O) groups is 1. The molecule has 0 spiro atoms. The lowest BCUT2D eigenvalue weighted by Crippen LogP contribution is -2.26. The van der Waals surface area contributed by atoms with E-state index in [2.05, 4.69) is 5.32 Å². The maximum Gasteiger partial charge on any atom is 0.262 e. The number of carbonyl (C=O) groups excluding carboxylic acids is 1. The summed E-state index contributed by atoms with van der Waals surface area (Å²) >= 11 is 0. The highest BCUT2D eigenvalue weighted by Gasteiger charge is 2.19. The summed E-state index contributed by atoms with van der Waals surface area (Å²) in [7, 11) is 1.96. The van der Waals surface area contributed by atoms with Crippen molar-refractivity contribution in [1.29, 1.82) is 0 Å². The fourth-order valence-corrected chi connectivity index (χ4v) is 2.22. The molecule has 0 bridgehead atoms. The van der Waals surface area contributed by atoms with E-state index in [4.69, 9.17) is 15.6 Å². The van der Waals surface area contributed by atoms with E-state index in [1.54, 1.807) is 6.07 Å². The van der Waals surface area contributed by atoms with Crippen molar-refractivity contribution in [3.63, 3.8) is 0 Å². The SMILES string of the molecule is CN(CCCCCO)c1cc2c(cc1N)OCC(=O)N2. The first-order valence-electron chi connectivity index (χ1n) is 6.80.